The maximum Gasteiger partial charge on any atom is 0.433 e. The van der Waals surface area contributed by atoms with Gasteiger partial charge < -0.3 is 15.7 Å². The molecule has 1 aliphatic rings. The number of nitrogens with zero attached hydrogens (tertiary/aromatic N) is 5. The molecule has 3 unspecified atom stereocenters. The van der Waals surface area contributed by atoms with E-state index in [0.717, 1.165) is 18.5 Å². The van der Waals surface area contributed by atoms with E-state index in [4.69, 9.17) is 5.41 Å². The van der Waals surface area contributed by atoms with Gasteiger partial charge in [0.1, 0.15) is 23.0 Å². The Morgan fingerprint density at radius 1 is 1.36 bits per heavy atom. The van der Waals surface area contributed by atoms with E-state index >= 15 is 0 Å². The SMILES string of the molecule is CC(c1ccc(C(F)(F)F)nc1)n1nc(C#N)c2c(=O)[nH]c(C3CCC3N/C=C(\C=N)C(F)F)nc21. The van der Waals surface area contributed by atoms with E-state index in [9.17, 15) is 32.0 Å². The van der Waals surface area contributed by atoms with Crippen LogP contribution in [0, 0.1) is 16.7 Å². The van der Waals surface area contributed by atoms with Crippen LogP contribution < -0.4 is 10.9 Å². The Bertz CT molecular complexity index is 1420. The van der Waals surface area contributed by atoms with Crippen LogP contribution in [0.25, 0.3) is 11.0 Å². The summed E-state index contributed by atoms with van der Waals surface area (Å²) >= 11 is 0. The highest BCUT2D eigenvalue weighted by molar-refractivity contribution is 5.80. The van der Waals surface area contributed by atoms with Crippen molar-refractivity contribution in [1.82, 2.24) is 30.0 Å². The van der Waals surface area contributed by atoms with Gasteiger partial charge in [-0.05, 0) is 31.4 Å². The summed E-state index contributed by atoms with van der Waals surface area (Å²) in [5.41, 5.74) is -1.96. The zero-order valence-corrected chi connectivity index (χ0v) is 18.6. The molecule has 1 aliphatic carbocycles. The van der Waals surface area contributed by atoms with Gasteiger partial charge in [0.2, 0.25) is 0 Å². The van der Waals surface area contributed by atoms with Crippen LogP contribution in [-0.2, 0) is 6.18 Å². The molecule has 0 bridgehead atoms. The molecule has 0 radical (unpaired) electrons. The van der Waals surface area contributed by atoms with Crippen LogP contribution in [0.5, 0.6) is 0 Å². The molecule has 3 atom stereocenters. The molecule has 3 aromatic heterocycles. The number of hydrogen-bond donors (Lipinski definition) is 3. The number of rotatable bonds is 7. The molecule has 188 valence electrons. The summed E-state index contributed by atoms with van der Waals surface area (Å²) in [4.78, 5) is 23.4. The van der Waals surface area contributed by atoms with E-state index in [1.807, 2.05) is 6.07 Å². The zero-order chi connectivity index (χ0) is 26.2. The average Bonchev–Trinajstić information content (AvgIpc) is 3.19. The molecule has 3 N–H and O–H groups in total. The highest BCUT2D eigenvalue weighted by Crippen LogP contribution is 2.36. The van der Waals surface area contributed by atoms with Gasteiger partial charge in [0.05, 0.1) is 11.6 Å². The van der Waals surface area contributed by atoms with Gasteiger partial charge in [-0.1, -0.05) is 6.07 Å². The quantitative estimate of drug-likeness (QED) is 0.331. The van der Waals surface area contributed by atoms with Gasteiger partial charge >= 0.3 is 6.18 Å². The third kappa shape index (κ3) is 4.56. The number of hydrogen-bond acceptors (Lipinski definition) is 7. The Balaban J connectivity index is 1.71. The normalized spacial score (nSPS) is 19.1. The first kappa shape index (κ1) is 25.0. The minimum atomic E-state index is -4.60. The van der Waals surface area contributed by atoms with Crippen molar-refractivity contribution >= 4 is 17.2 Å². The molecule has 0 spiro atoms. The van der Waals surface area contributed by atoms with Crippen LogP contribution in [-0.4, -0.2) is 43.4 Å². The van der Waals surface area contributed by atoms with Crippen LogP contribution in [0.4, 0.5) is 22.0 Å². The first-order chi connectivity index (χ1) is 17.0. The lowest BCUT2D eigenvalue weighted by molar-refractivity contribution is -0.141. The summed E-state index contributed by atoms with van der Waals surface area (Å²) in [5, 5.41) is 23.5. The predicted octanol–water partition coefficient (Wildman–Crippen LogP) is 3.65. The number of nitriles is 1. The van der Waals surface area contributed by atoms with E-state index in [1.165, 1.54) is 10.7 Å². The molecule has 1 saturated carbocycles. The molecule has 3 heterocycles. The van der Waals surface area contributed by atoms with Gasteiger partial charge in [0.25, 0.3) is 12.0 Å². The van der Waals surface area contributed by atoms with Crippen LogP contribution in [0.2, 0.25) is 0 Å². The Morgan fingerprint density at radius 2 is 2.11 bits per heavy atom. The van der Waals surface area contributed by atoms with Crippen molar-refractivity contribution < 1.29 is 22.0 Å². The molecule has 3 aromatic rings. The lowest BCUT2D eigenvalue weighted by Gasteiger charge is -2.36. The van der Waals surface area contributed by atoms with Gasteiger partial charge in [-0.15, -0.1) is 0 Å². The summed E-state index contributed by atoms with van der Waals surface area (Å²) in [5.74, 6) is -0.0959. The fourth-order valence-electron chi connectivity index (χ4n) is 3.95. The highest BCUT2D eigenvalue weighted by atomic mass is 19.4. The van der Waals surface area contributed by atoms with Crippen molar-refractivity contribution in [2.75, 3.05) is 0 Å². The number of fused-ring (bicyclic) bond motifs is 1. The summed E-state index contributed by atoms with van der Waals surface area (Å²) < 4.78 is 65.7. The Kier molecular flexibility index (Phi) is 6.57. The lowest BCUT2D eigenvalue weighted by Crippen LogP contribution is -2.41. The zero-order valence-electron chi connectivity index (χ0n) is 18.6. The van der Waals surface area contributed by atoms with Gasteiger partial charge in [-0.3, -0.25) is 9.78 Å². The second-order valence-electron chi connectivity index (χ2n) is 8.25. The van der Waals surface area contributed by atoms with Gasteiger partial charge in [-0.2, -0.15) is 23.5 Å². The first-order valence-corrected chi connectivity index (χ1v) is 10.8. The molecule has 14 heteroatoms. The number of alkyl halides is 5. The Labute approximate surface area is 200 Å². The van der Waals surface area contributed by atoms with E-state index < -0.39 is 35.5 Å². The third-order valence-corrected chi connectivity index (χ3v) is 6.12. The molecule has 0 aromatic carbocycles. The highest BCUT2D eigenvalue weighted by Gasteiger charge is 2.35. The fraction of sp³-hybridized carbons (Fsp3) is 0.364. The molecular weight excluding hydrogens is 487 g/mol. The predicted molar refractivity (Wildman–Crippen MR) is 118 cm³/mol. The van der Waals surface area contributed by atoms with Crippen molar-refractivity contribution in [2.24, 2.45) is 0 Å². The summed E-state index contributed by atoms with van der Waals surface area (Å²) in [7, 11) is 0. The molecule has 1 fully saturated rings. The Morgan fingerprint density at radius 3 is 2.64 bits per heavy atom. The second-order valence-corrected chi connectivity index (χ2v) is 8.25. The number of H-pyrrole nitrogens is 1. The second kappa shape index (κ2) is 9.48. The van der Waals surface area contributed by atoms with Crippen molar-refractivity contribution in [3.05, 3.63) is 63.2 Å². The Hall–Kier alpha value is -4.15. The number of pyridine rings is 1. The third-order valence-electron chi connectivity index (χ3n) is 6.12. The topological polar surface area (TPSA) is 136 Å². The molecular formula is C22H19F5N8O. The van der Waals surface area contributed by atoms with Crippen LogP contribution in [0.1, 0.15) is 54.5 Å². The monoisotopic (exact) mass is 506 g/mol. The van der Waals surface area contributed by atoms with E-state index in [2.05, 4.69) is 25.4 Å². The maximum atomic E-state index is 12.9. The largest absolute Gasteiger partial charge is 0.433 e. The summed E-state index contributed by atoms with van der Waals surface area (Å²) in [6, 6.07) is 2.85. The summed E-state index contributed by atoms with van der Waals surface area (Å²) in [6.07, 6.45) is -3.57. The van der Waals surface area contributed by atoms with Gasteiger partial charge in [0.15, 0.2) is 11.3 Å². The number of halogens is 5. The first-order valence-electron chi connectivity index (χ1n) is 10.8. The molecule has 0 saturated heterocycles. The van der Waals surface area contributed by atoms with Crippen LogP contribution in [0.3, 0.4) is 0 Å². The molecule has 4 rings (SSSR count). The maximum absolute atomic E-state index is 12.9. The molecule has 0 amide bonds. The van der Waals surface area contributed by atoms with Crippen molar-refractivity contribution in [3.8, 4) is 6.07 Å². The minimum Gasteiger partial charge on any atom is -0.387 e. The van der Waals surface area contributed by atoms with E-state index in [0.29, 0.717) is 24.6 Å². The van der Waals surface area contributed by atoms with Crippen molar-refractivity contribution in [1.29, 1.82) is 10.7 Å². The average molecular weight is 506 g/mol. The number of aromatic nitrogens is 5. The number of allylic oxidation sites excluding steroid dienone is 1. The van der Waals surface area contributed by atoms with Crippen LogP contribution >= 0.6 is 0 Å². The van der Waals surface area contributed by atoms with Crippen LogP contribution in [0.15, 0.2) is 34.9 Å². The smallest absolute Gasteiger partial charge is 0.387 e. The van der Waals surface area contributed by atoms with Crippen molar-refractivity contribution in [2.45, 2.75) is 50.4 Å². The van der Waals surface area contributed by atoms with Gasteiger partial charge in [0, 0.05) is 30.6 Å². The summed E-state index contributed by atoms with van der Waals surface area (Å²) in [6.45, 7) is 1.61. The van der Waals surface area contributed by atoms with Crippen molar-refractivity contribution in [3.63, 3.8) is 0 Å². The molecule has 36 heavy (non-hydrogen) atoms. The van der Waals surface area contributed by atoms with E-state index in [-0.39, 0.29) is 34.5 Å². The van der Waals surface area contributed by atoms with Gasteiger partial charge in [-0.25, -0.2) is 18.4 Å². The fourth-order valence-corrected chi connectivity index (χ4v) is 3.95. The molecule has 9 nitrogen and oxygen atoms in total. The lowest BCUT2D eigenvalue weighted by atomic mass is 9.79. The standard InChI is InChI=1S/C22H19F5N8O/c1-10(11-2-5-16(31-8-11)22(25,26)27)35-20-17(15(7-29)34-35)21(36)33-19(32-20)13-3-4-14(13)30-9-12(6-28)18(23)24/h2,5-6,8-10,13-14,18,28,30H,3-4H2,1H3,(H,32,33,36)/b12-9+,28-6?. The molecule has 0 aliphatic heterocycles. The number of nitrogens with one attached hydrogen (secondary N) is 3. The minimum absolute atomic E-state index is 0.0617. The van der Waals surface area contributed by atoms with E-state index in [1.54, 1.807) is 6.92 Å². The number of aromatic amines is 1.